The summed E-state index contributed by atoms with van der Waals surface area (Å²) < 4.78 is 0. The lowest BCUT2D eigenvalue weighted by molar-refractivity contribution is 0.0979. The van der Waals surface area contributed by atoms with Crippen molar-refractivity contribution in [2.75, 3.05) is 31.6 Å². The number of hydrogen-bond acceptors (Lipinski definition) is 3. The molecule has 2 aromatic carbocycles. The lowest BCUT2D eigenvalue weighted by Crippen LogP contribution is -2.44. The number of piperidine rings is 1. The number of hydrogen-bond donors (Lipinski definition) is 0. The molecule has 4 nitrogen and oxygen atoms in total. The molecule has 1 amide bonds. The molecule has 0 radical (unpaired) electrons. The summed E-state index contributed by atoms with van der Waals surface area (Å²) in [5.74, 6) is -0.0111. The van der Waals surface area contributed by atoms with Crippen molar-refractivity contribution in [3.05, 3.63) is 64.7 Å². The molecule has 1 spiro atoms. The average Bonchev–Trinajstić information content (AvgIpc) is 2.97. The van der Waals surface area contributed by atoms with Gasteiger partial charge in [-0.2, -0.15) is 5.26 Å². The Kier molecular flexibility index (Phi) is 4.05. The van der Waals surface area contributed by atoms with Crippen LogP contribution in [-0.4, -0.2) is 37.5 Å². The number of amides is 1. The van der Waals surface area contributed by atoms with Gasteiger partial charge in [0.15, 0.2) is 0 Å². The fraction of sp³-hybridized carbons (Fsp3) is 0.364. The van der Waals surface area contributed by atoms with Crippen LogP contribution in [0.2, 0.25) is 0 Å². The van der Waals surface area contributed by atoms with Gasteiger partial charge in [-0.15, -0.1) is 0 Å². The summed E-state index contributed by atoms with van der Waals surface area (Å²) in [6.07, 6.45) is 2.14. The van der Waals surface area contributed by atoms with Crippen molar-refractivity contribution in [1.29, 1.82) is 5.26 Å². The minimum atomic E-state index is -0.0111. The summed E-state index contributed by atoms with van der Waals surface area (Å²) in [5, 5.41) is 9.14. The summed E-state index contributed by atoms with van der Waals surface area (Å²) in [4.78, 5) is 17.5. The smallest absolute Gasteiger partial charge is 0.258 e. The van der Waals surface area contributed by atoms with Gasteiger partial charge in [0.2, 0.25) is 0 Å². The van der Waals surface area contributed by atoms with Gasteiger partial charge in [-0.05, 0) is 69.7 Å². The van der Waals surface area contributed by atoms with Gasteiger partial charge < -0.3 is 9.80 Å². The third-order valence-electron chi connectivity index (χ3n) is 5.90. The normalized spacial score (nSPS) is 18.6. The highest BCUT2D eigenvalue weighted by Crippen LogP contribution is 2.47. The largest absolute Gasteiger partial charge is 0.307 e. The Morgan fingerprint density at radius 1 is 1.15 bits per heavy atom. The van der Waals surface area contributed by atoms with Crippen molar-refractivity contribution >= 4 is 11.6 Å². The van der Waals surface area contributed by atoms with Gasteiger partial charge in [-0.3, -0.25) is 4.79 Å². The Balaban J connectivity index is 1.74. The van der Waals surface area contributed by atoms with Crippen LogP contribution in [0, 0.1) is 18.3 Å². The number of nitrogens with zero attached hydrogens (tertiary/aromatic N) is 3. The van der Waals surface area contributed by atoms with Crippen LogP contribution in [0.4, 0.5) is 5.69 Å². The first-order valence-corrected chi connectivity index (χ1v) is 9.14. The van der Waals surface area contributed by atoms with Crippen molar-refractivity contribution in [2.45, 2.75) is 25.2 Å². The number of aryl methyl sites for hydroxylation is 1. The van der Waals surface area contributed by atoms with E-state index in [-0.39, 0.29) is 11.3 Å². The standard InChI is InChI=1S/C22H23N3O/c1-16-6-7-20-19(12-16)22(8-10-24(2)11-9-22)15-25(20)21(26)18-5-3-4-17(13-18)14-23/h3-7,12-13H,8-11,15H2,1-2H3. The van der Waals surface area contributed by atoms with Crippen molar-refractivity contribution in [3.8, 4) is 6.07 Å². The molecule has 0 atom stereocenters. The molecular weight excluding hydrogens is 322 g/mol. The van der Waals surface area contributed by atoms with Crippen LogP contribution in [0.25, 0.3) is 0 Å². The Morgan fingerprint density at radius 2 is 1.92 bits per heavy atom. The highest BCUT2D eigenvalue weighted by atomic mass is 16.2. The predicted molar refractivity (Wildman–Crippen MR) is 102 cm³/mol. The summed E-state index contributed by atoms with van der Waals surface area (Å²) in [6.45, 7) is 4.96. The van der Waals surface area contributed by atoms with Gasteiger partial charge in [0.1, 0.15) is 0 Å². The van der Waals surface area contributed by atoms with Gasteiger partial charge in [0, 0.05) is 23.2 Å². The van der Waals surface area contributed by atoms with Gasteiger partial charge in [0.25, 0.3) is 5.91 Å². The van der Waals surface area contributed by atoms with Crippen molar-refractivity contribution < 1.29 is 4.79 Å². The van der Waals surface area contributed by atoms with Crippen LogP contribution in [0.15, 0.2) is 42.5 Å². The first-order valence-electron chi connectivity index (χ1n) is 9.14. The molecule has 0 aliphatic carbocycles. The molecule has 2 aromatic rings. The zero-order valence-corrected chi connectivity index (χ0v) is 15.3. The summed E-state index contributed by atoms with van der Waals surface area (Å²) >= 11 is 0. The maximum absolute atomic E-state index is 13.3. The summed E-state index contributed by atoms with van der Waals surface area (Å²) in [7, 11) is 2.16. The second-order valence-corrected chi connectivity index (χ2v) is 7.69. The SMILES string of the molecule is Cc1ccc2c(c1)C1(CCN(C)CC1)CN2C(=O)c1cccc(C#N)c1. The molecule has 1 saturated heterocycles. The van der Waals surface area contributed by atoms with E-state index in [0.717, 1.165) is 38.2 Å². The third-order valence-corrected chi connectivity index (χ3v) is 5.90. The fourth-order valence-corrected chi connectivity index (χ4v) is 4.32. The number of nitriles is 1. The highest BCUT2D eigenvalue weighted by Gasteiger charge is 2.46. The van der Waals surface area contributed by atoms with Gasteiger partial charge in [0.05, 0.1) is 11.6 Å². The predicted octanol–water partition coefficient (Wildman–Crippen LogP) is 3.49. The average molecular weight is 345 g/mol. The van der Waals surface area contributed by atoms with Crippen LogP contribution >= 0.6 is 0 Å². The molecule has 132 valence electrons. The zero-order valence-electron chi connectivity index (χ0n) is 15.3. The topological polar surface area (TPSA) is 47.3 Å². The van der Waals surface area contributed by atoms with Crippen LogP contribution in [-0.2, 0) is 5.41 Å². The second-order valence-electron chi connectivity index (χ2n) is 7.69. The number of fused-ring (bicyclic) bond motifs is 2. The zero-order chi connectivity index (χ0) is 18.3. The number of benzene rings is 2. The number of carbonyl (C=O) groups excluding carboxylic acids is 1. The molecule has 0 bridgehead atoms. The maximum atomic E-state index is 13.3. The Morgan fingerprint density at radius 3 is 2.65 bits per heavy atom. The van der Waals surface area contributed by atoms with Gasteiger partial charge >= 0.3 is 0 Å². The van der Waals surface area contributed by atoms with Crippen molar-refractivity contribution in [2.24, 2.45) is 0 Å². The van der Waals surface area contributed by atoms with Crippen LogP contribution in [0.3, 0.4) is 0 Å². The van der Waals surface area contributed by atoms with E-state index in [1.165, 1.54) is 11.1 Å². The molecule has 1 fully saturated rings. The fourth-order valence-electron chi connectivity index (χ4n) is 4.32. The molecule has 0 unspecified atom stereocenters. The van der Waals surface area contributed by atoms with Gasteiger partial charge in [-0.25, -0.2) is 0 Å². The molecule has 4 heteroatoms. The monoisotopic (exact) mass is 345 g/mol. The first-order chi connectivity index (χ1) is 12.5. The molecule has 2 heterocycles. The van der Waals surface area contributed by atoms with E-state index in [2.05, 4.69) is 43.1 Å². The van der Waals surface area contributed by atoms with E-state index in [4.69, 9.17) is 5.26 Å². The molecule has 2 aliphatic rings. The number of anilines is 1. The van der Waals surface area contributed by atoms with E-state index in [1.807, 2.05) is 4.90 Å². The van der Waals surface area contributed by atoms with Crippen molar-refractivity contribution in [3.63, 3.8) is 0 Å². The second kappa shape index (κ2) is 6.26. The van der Waals surface area contributed by atoms with Crippen LogP contribution < -0.4 is 4.90 Å². The van der Waals surface area contributed by atoms with E-state index in [9.17, 15) is 4.79 Å². The van der Waals surface area contributed by atoms with Crippen LogP contribution in [0.5, 0.6) is 0 Å². The van der Waals surface area contributed by atoms with Crippen LogP contribution in [0.1, 0.15) is 39.9 Å². The summed E-state index contributed by atoms with van der Waals surface area (Å²) in [5.41, 5.74) is 4.75. The first kappa shape index (κ1) is 16.8. The van der Waals surface area contributed by atoms with Crippen molar-refractivity contribution in [1.82, 2.24) is 4.90 Å². The Hall–Kier alpha value is -2.64. The van der Waals surface area contributed by atoms with E-state index in [0.29, 0.717) is 11.1 Å². The molecule has 0 N–H and O–H groups in total. The van der Waals surface area contributed by atoms with E-state index >= 15 is 0 Å². The minimum Gasteiger partial charge on any atom is -0.307 e. The maximum Gasteiger partial charge on any atom is 0.258 e. The van der Waals surface area contributed by atoms with E-state index < -0.39 is 0 Å². The lowest BCUT2D eigenvalue weighted by Gasteiger charge is -2.38. The molecule has 2 aliphatic heterocycles. The molecule has 4 rings (SSSR count). The van der Waals surface area contributed by atoms with Gasteiger partial charge in [-0.1, -0.05) is 23.8 Å². The molecule has 0 aromatic heterocycles. The molecule has 26 heavy (non-hydrogen) atoms. The minimum absolute atomic E-state index is 0.0111. The Labute approximate surface area is 154 Å². The highest BCUT2D eigenvalue weighted by molar-refractivity contribution is 6.08. The Bertz CT molecular complexity index is 904. The quantitative estimate of drug-likeness (QED) is 0.795. The number of carbonyl (C=O) groups is 1. The lowest BCUT2D eigenvalue weighted by atomic mass is 9.74. The molecule has 0 saturated carbocycles. The summed E-state index contributed by atoms with van der Waals surface area (Å²) in [6, 6.07) is 15.6. The number of rotatable bonds is 1. The van der Waals surface area contributed by atoms with E-state index in [1.54, 1.807) is 24.3 Å². The number of likely N-dealkylation sites (tertiary alicyclic amines) is 1. The third kappa shape index (κ3) is 2.69. The molecular formula is C22H23N3O.